The Morgan fingerprint density at radius 1 is 1.32 bits per heavy atom. The molecule has 1 aliphatic rings. The van der Waals surface area contributed by atoms with E-state index in [4.69, 9.17) is 0 Å². The zero-order chi connectivity index (χ0) is 14.0. The number of hydrogen-bond acceptors (Lipinski definition) is 4. The molecule has 1 atom stereocenters. The second-order valence-electron chi connectivity index (χ2n) is 4.80. The van der Waals surface area contributed by atoms with Gasteiger partial charge in [-0.3, -0.25) is 24.6 Å². The van der Waals surface area contributed by atoms with E-state index in [0.29, 0.717) is 0 Å². The molecule has 0 aliphatic carbocycles. The molecule has 6 nitrogen and oxygen atoms in total. The number of likely N-dealkylation sites (tertiary alicyclic amines) is 1. The third-order valence-corrected chi connectivity index (χ3v) is 3.42. The van der Waals surface area contributed by atoms with E-state index in [1.54, 1.807) is 24.3 Å². The molecule has 0 N–H and O–H groups in total. The largest absolute Gasteiger partial charge is 0.307 e. The second kappa shape index (κ2) is 4.79. The summed E-state index contributed by atoms with van der Waals surface area (Å²) in [7, 11) is 0. The normalized spacial score (nSPS) is 23.5. The molecule has 1 aromatic rings. The van der Waals surface area contributed by atoms with Crippen molar-refractivity contribution >= 4 is 11.8 Å². The first-order chi connectivity index (χ1) is 8.95. The number of hydrogen-bond donors (Lipinski definition) is 0. The summed E-state index contributed by atoms with van der Waals surface area (Å²) in [5.74, 6) is -1.08. The van der Waals surface area contributed by atoms with Gasteiger partial charge in [-0.05, 0) is 5.56 Å². The van der Waals surface area contributed by atoms with Crippen LogP contribution in [0.1, 0.15) is 25.3 Å². The number of rotatable bonds is 3. The SMILES string of the molecule is C[C@@]1([N+](=O)[O-])CCC(=O)N(Cc2ccccc2)C1=O. The summed E-state index contributed by atoms with van der Waals surface area (Å²) in [4.78, 5) is 35.4. The van der Waals surface area contributed by atoms with Gasteiger partial charge >= 0.3 is 5.91 Å². The smallest absolute Gasteiger partial charge is 0.274 e. The molecular formula is C13H14N2O4. The van der Waals surface area contributed by atoms with E-state index in [-0.39, 0.29) is 25.3 Å². The molecule has 1 heterocycles. The van der Waals surface area contributed by atoms with Gasteiger partial charge in [0.15, 0.2) is 0 Å². The first kappa shape index (κ1) is 13.2. The second-order valence-corrected chi connectivity index (χ2v) is 4.80. The molecule has 0 spiro atoms. The van der Waals surface area contributed by atoms with Crippen molar-refractivity contribution in [1.29, 1.82) is 0 Å². The molecule has 2 rings (SSSR count). The summed E-state index contributed by atoms with van der Waals surface area (Å²) >= 11 is 0. The number of nitrogens with zero attached hydrogens (tertiary/aromatic N) is 2. The lowest BCUT2D eigenvalue weighted by Crippen LogP contribution is -2.57. The molecule has 0 radical (unpaired) electrons. The van der Waals surface area contributed by atoms with Gasteiger partial charge in [-0.2, -0.15) is 0 Å². The summed E-state index contributed by atoms with van der Waals surface area (Å²) in [5, 5.41) is 11.0. The lowest BCUT2D eigenvalue weighted by molar-refractivity contribution is -0.551. The van der Waals surface area contributed by atoms with Crippen LogP contribution in [0.25, 0.3) is 0 Å². The average Bonchev–Trinajstić information content (AvgIpc) is 2.40. The van der Waals surface area contributed by atoms with E-state index >= 15 is 0 Å². The minimum Gasteiger partial charge on any atom is -0.274 e. The van der Waals surface area contributed by atoms with E-state index in [1.807, 2.05) is 6.07 Å². The van der Waals surface area contributed by atoms with E-state index < -0.39 is 16.4 Å². The van der Waals surface area contributed by atoms with Crippen molar-refractivity contribution in [3.05, 3.63) is 46.0 Å². The molecule has 1 fully saturated rings. The highest BCUT2D eigenvalue weighted by Crippen LogP contribution is 2.27. The molecule has 1 aliphatic heterocycles. The van der Waals surface area contributed by atoms with Crippen LogP contribution in [0.4, 0.5) is 0 Å². The van der Waals surface area contributed by atoms with Crippen molar-refractivity contribution in [3.63, 3.8) is 0 Å². The molecule has 1 aromatic carbocycles. The predicted molar refractivity (Wildman–Crippen MR) is 66.6 cm³/mol. The summed E-state index contributed by atoms with van der Waals surface area (Å²) in [6.45, 7) is 1.36. The minimum absolute atomic E-state index is 0.0239. The van der Waals surface area contributed by atoms with Crippen LogP contribution < -0.4 is 0 Å². The highest BCUT2D eigenvalue weighted by atomic mass is 16.6. The van der Waals surface area contributed by atoms with Crippen molar-refractivity contribution < 1.29 is 14.5 Å². The standard InChI is InChI=1S/C13H14N2O4/c1-13(15(18)19)8-7-11(16)14(12(13)17)9-10-5-3-2-4-6-10/h2-6H,7-9H2,1H3/t13-/m1/s1. The molecule has 0 aromatic heterocycles. The number of benzene rings is 1. The summed E-state index contributed by atoms with van der Waals surface area (Å²) in [6, 6.07) is 8.96. The van der Waals surface area contributed by atoms with Crippen LogP contribution in [0.15, 0.2) is 30.3 Å². The van der Waals surface area contributed by atoms with Gasteiger partial charge in [0.1, 0.15) is 0 Å². The molecule has 0 unspecified atom stereocenters. The quantitative estimate of drug-likeness (QED) is 0.468. The Morgan fingerprint density at radius 2 is 1.95 bits per heavy atom. The molecule has 2 amide bonds. The Hall–Kier alpha value is -2.24. The van der Waals surface area contributed by atoms with Crippen molar-refractivity contribution in [3.8, 4) is 0 Å². The van der Waals surface area contributed by atoms with Gasteiger partial charge in [0, 0.05) is 24.7 Å². The predicted octanol–water partition coefficient (Wildman–Crippen LogP) is 1.37. The van der Waals surface area contributed by atoms with Gasteiger partial charge in [0.2, 0.25) is 5.91 Å². The Labute approximate surface area is 110 Å². The fraction of sp³-hybridized carbons (Fsp3) is 0.385. The van der Waals surface area contributed by atoms with Gasteiger partial charge in [-0.1, -0.05) is 30.3 Å². The molecule has 1 saturated heterocycles. The van der Waals surface area contributed by atoms with Crippen LogP contribution in [0.5, 0.6) is 0 Å². The van der Waals surface area contributed by atoms with E-state index in [9.17, 15) is 19.7 Å². The van der Waals surface area contributed by atoms with Crippen molar-refractivity contribution in [2.45, 2.75) is 31.8 Å². The van der Waals surface area contributed by atoms with Crippen LogP contribution >= 0.6 is 0 Å². The number of carbonyl (C=O) groups excluding carboxylic acids is 2. The first-order valence-electron chi connectivity index (χ1n) is 5.98. The zero-order valence-corrected chi connectivity index (χ0v) is 10.5. The van der Waals surface area contributed by atoms with Gasteiger partial charge in [-0.25, -0.2) is 0 Å². The topological polar surface area (TPSA) is 80.5 Å². The summed E-state index contributed by atoms with van der Waals surface area (Å²) in [6.07, 6.45) is -0.0149. The van der Waals surface area contributed by atoms with Crippen molar-refractivity contribution in [1.82, 2.24) is 4.90 Å². The van der Waals surface area contributed by atoms with E-state index in [1.165, 1.54) is 6.92 Å². The Balaban J connectivity index is 2.25. The molecule has 100 valence electrons. The van der Waals surface area contributed by atoms with Crippen LogP contribution in [0.2, 0.25) is 0 Å². The third kappa shape index (κ3) is 2.33. The van der Waals surface area contributed by atoms with Gasteiger partial charge in [-0.15, -0.1) is 0 Å². The van der Waals surface area contributed by atoms with Gasteiger partial charge in [0.25, 0.3) is 5.54 Å². The number of imide groups is 1. The Kier molecular flexibility index (Phi) is 3.33. The highest BCUT2D eigenvalue weighted by molar-refractivity contribution is 6.01. The van der Waals surface area contributed by atoms with Crippen LogP contribution in [0, 0.1) is 10.1 Å². The van der Waals surface area contributed by atoms with Crippen LogP contribution in [-0.4, -0.2) is 27.2 Å². The maximum atomic E-state index is 12.2. The van der Waals surface area contributed by atoms with Crippen molar-refractivity contribution in [2.75, 3.05) is 0 Å². The minimum atomic E-state index is -1.69. The fourth-order valence-corrected chi connectivity index (χ4v) is 2.09. The lowest BCUT2D eigenvalue weighted by Gasteiger charge is -2.32. The Morgan fingerprint density at radius 3 is 2.53 bits per heavy atom. The highest BCUT2D eigenvalue weighted by Gasteiger charge is 2.53. The summed E-state index contributed by atoms with van der Waals surface area (Å²) in [5.41, 5.74) is -0.917. The van der Waals surface area contributed by atoms with E-state index in [2.05, 4.69) is 0 Å². The maximum absolute atomic E-state index is 12.2. The van der Waals surface area contributed by atoms with Gasteiger partial charge in [0.05, 0.1) is 6.54 Å². The molecule has 6 heteroatoms. The fourth-order valence-electron chi connectivity index (χ4n) is 2.09. The first-order valence-corrected chi connectivity index (χ1v) is 5.98. The number of carbonyl (C=O) groups is 2. The van der Waals surface area contributed by atoms with Crippen molar-refractivity contribution in [2.24, 2.45) is 0 Å². The third-order valence-electron chi connectivity index (χ3n) is 3.42. The molecular weight excluding hydrogens is 248 g/mol. The number of piperidine rings is 1. The van der Waals surface area contributed by atoms with Crippen LogP contribution in [0.3, 0.4) is 0 Å². The zero-order valence-electron chi connectivity index (χ0n) is 10.5. The maximum Gasteiger partial charge on any atom is 0.307 e. The van der Waals surface area contributed by atoms with Crippen LogP contribution in [-0.2, 0) is 16.1 Å². The number of nitro groups is 1. The molecule has 0 bridgehead atoms. The molecule has 19 heavy (non-hydrogen) atoms. The lowest BCUT2D eigenvalue weighted by atomic mass is 9.90. The monoisotopic (exact) mass is 262 g/mol. The Bertz CT molecular complexity index is 529. The van der Waals surface area contributed by atoms with E-state index in [0.717, 1.165) is 10.5 Å². The summed E-state index contributed by atoms with van der Waals surface area (Å²) < 4.78 is 0. The average molecular weight is 262 g/mol. The van der Waals surface area contributed by atoms with Gasteiger partial charge < -0.3 is 0 Å². The number of amides is 2. The molecule has 0 saturated carbocycles.